The normalized spacial score (nSPS) is 24.1. The van der Waals surface area contributed by atoms with Crippen molar-refractivity contribution in [3.8, 4) is 0 Å². The summed E-state index contributed by atoms with van der Waals surface area (Å²) in [6.45, 7) is 0.398. The highest BCUT2D eigenvalue weighted by Crippen LogP contribution is 2.40. The predicted octanol–water partition coefficient (Wildman–Crippen LogP) is 3.72. The van der Waals surface area contributed by atoms with E-state index in [4.69, 9.17) is 9.05 Å². The smallest absolute Gasteiger partial charge is 0.206 e. The molecule has 1 aromatic rings. The van der Waals surface area contributed by atoms with Crippen LogP contribution in [0.5, 0.6) is 0 Å². The first-order valence-corrected chi connectivity index (χ1v) is 6.27. The van der Waals surface area contributed by atoms with Crippen LogP contribution in [0.3, 0.4) is 0 Å². The summed E-state index contributed by atoms with van der Waals surface area (Å²) in [6.07, 6.45) is 0.346. The third-order valence-electron chi connectivity index (χ3n) is 2.11. The highest BCUT2D eigenvalue weighted by atomic mass is 79.9. The minimum atomic E-state index is -2.03. The number of rotatable bonds is 1. The fourth-order valence-corrected chi connectivity index (χ4v) is 2.51. The molecular formula is C9H8BrFO3P+. The number of benzene rings is 1. The first-order valence-electron chi connectivity index (χ1n) is 4.39. The van der Waals surface area contributed by atoms with Crippen LogP contribution in [0, 0.1) is 5.82 Å². The van der Waals surface area contributed by atoms with E-state index in [0.717, 1.165) is 5.56 Å². The molecule has 1 aliphatic rings. The zero-order valence-corrected chi connectivity index (χ0v) is 10.1. The molecule has 0 bridgehead atoms. The van der Waals surface area contributed by atoms with Crippen LogP contribution in [-0.2, 0) is 13.6 Å². The summed E-state index contributed by atoms with van der Waals surface area (Å²) in [4.78, 5) is 0. The van der Waals surface area contributed by atoms with Crippen molar-refractivity contribution in [1.82, 2.24) is 0 Å². The van der Waals surface area contributed by atoms with Crippen LogP contribution in [0.2, 0.25) is 0 Å². The lowest BCUT2D eigenvalue weighted by atomic mass is 10.1. The Balaban J connectivity index is 2.21. The van der Waals surface area contributed by atoms with Gasteiger partial charge in [0.05, 0.1) is 4.47 Å². The Morgan fingerprint density at radius 2 is 2.33 bits per heavy atom. The van der Waals surface area contributed by atoms with Crippen LogP contribution in [0.4, 0.5) is 4.39 Å². The Morgan fingerprint density at radius 1 is 1.53 bits per heavy atom. The zero-order chi connectivity index (χ0) is 10.8. The summed E-state index contributed by atoms with van der Waals surface area (Å²) in [7, 11) is -2.03. The molecule has 1 heterocycles. The molecule has 1 aromatic carbocycles. The maximum Gasteiger partial charge on any atom is 0.698 e. The van der Waals surface area contributed by atoms with Crippen molar-refractivity contribution >= 4 is 24.2 Å². The molecular weight excluding hydrogens is 286 g/mol. The first kappa shape index (κ1) is 11.1. The molecule has 0 spiro atoms. The van der Waals surface area contributed by atoms with Gasteiger partial charge in [-0.25, -0.2) is 4.39 Å². The predicted molar refractivity (Wildman–Crippen MR) is 56.1 cm³/mol. The van der Waals surface area contributed by atoms with Crippen molar-refractivity contribution in [2.24, 2.45) is 0 Å². The highest BCUT2D eigenvalue weighted by molar-refractivity contribution is 9.10. The first-order chi connectivity index (χ1) is 7.16. The van der Waals surface area contributed by atoms with Crippen molar-refractivity contribution in [1.29, 1.82) is 0 Å². The molecule has 15 heavy (non-hydrogen) atoms. The van der Waals surface area contributed by atoms with Gasteiger partial charge in [-0.05, 0) is 33.6 Å². The topological polar surface area (TPSA) is 35.5 Å². The molecule has 2 atom stereocenters. The average Bonchev–Trinajstić information content (AvgIpc) is 2.22. The van der Waals surface area contributed by atoms with Crippen LogP contribution >= 0.6 is 24.2 Å². The van der Waals surface area contributed by atoms with Crippen LogP contribution in [0.1, 0.15) is 18.1 Å². The third-order valence-corrected chi connectivity index (χ3v) is 3.53. The van der Waals surface area contributed by atoms with Gasteiger partial charge in [-0.2, -0.15) is 0 Å². The largest absolute Gasteiger partial charge is 0.698 e. The third kappa shape index (κ3) is 2.61. The van der Waals surface area contributed by atoms with E-state index in [-0.39, 0.29) is 11.9 Å². The molecule has 3 nitrogen and oxygen atoms in total. The number of hydrogen-bond acceptors (Lipinski definition) is 3. The fourth-order valence-electron chi connectivity index (χ4n) is 1.36. The van der Waals surface area contributed by atoms with E-state index in [0.29, 0.717) is 17.5 Å². The van der Waals surface area contributed by atoms with E-state index in [2.05, 4.69) is 15.9 Å². The van der Waals surface area contributed by atoms with Crippen molar-refractivity contribution in [3.63, 3.8) is 0 Å². The zero-order valence-electron chi connectivity index (χ0n) is 7.65. The molecule has 0 radical (unpaired) electrons. The molecule has 0 saturated carbocycles. The van der Waals surface area contributed by atoms with Crippen molar-refractivity contribution in [2.45, 2.75) is 12.5 Å². The lowest BCUT2D eigenvalue weighted by Crippen LogP contribution is -2.09. The molecule has 80 valence electrons. The van der Waals surface area contributed by atoms with E-state index < -0.39 is 8.25 Å². The monoisotopic (exact) mass is 293 g/mol. The van der Waals surface area contributed by atoms with Crippen molar-refractivity contribution in [2.75, 3.05) is 6.61 Å². The Kier molecular flexibility index (Phi) is 3.46. The summed E-state index contributed by atoms with van der Waals surface area (Å²) < 4.78 is 34.3. The van der Waals surface area contributed by atoms with Gasteiger partial charge in [-0.15, -0.1) is 9.05 Å². The lowest BCUT2D eigenvalue weighted by molar-refractivity contribution is 0.0967. The second-order valence-electron chi connectivity index (χ2n) is 3.11. The maximum absolute atomic E-state index is 13.0. The minimum Gasteiger partial charge on any atom is -0.206 e. The standard InChI is InChI=1S/C9H8BrFO3P/c10-7-5-6(1-2-8(7)11)9-3-4-13-15(12)14-9/h1-2,5,9H,3-4H2/q+1/t9-/m0/s1. The van der Waals surface area contributed by atoms with Gasteiger partial charge in [0.2, 0.25) is 0 Å². The van der Waals surface area contributed by atoms with Crippen LogP contribution in [-0.4, -0.2) is 6.61 Å². The molecule has 6 heteroatoms. The Bertz CT molecular complexity index is 399. The van der Waals surface area contributed by atoms with Gasteiger partial charge in [-0.3, -0.25) is 0 Å². The van der Waals surface area contributed by atoms with Gasteiger partial charge in [0, 0.05) is 11.0 Å². The van der Waals surface area contributed by atoms with E-state index >= 15 is 0 Å². The molecule has 0 aromatic heterocycles. The summed E-state index contributed by atoms with van der Waals surface area (Å²) in [5.41, 5.74) is 0.801. The molecule has 1 unspecified atom stereocenters. The average molecular weight is 294 g/mol. The maximum atomic E-state index is 13.0. The molecule has 0 aliphatic carbocycles. The summed E-state index contributed by atoms with van der Waals surface area (Å²) in [5, 5.41) is 0. The molecule has 1 aliphatic heterocycles. The van der Waals surface area contributed by atoms with Crippen LogP contribution < -0.4 is 0 Å². The minimum absolute atomic E-state index is 0.278. The van der Waals surface area contributed by atoms with Crippen molar-refractivity contribution in [3.05, 3.63) is 34.1 Å². The van der Waals surface area contributed by atoms with E-state index in [9.17, 15) is 8.96 Å². The molecule has 0 amide bonds. The van der Waals surface area contributed by atoms with Gasteiger partial charge in [-0.1, -0.05) is 6.07 Å². The molecule has 1 saturated heterocycles. The number of hydrogen-bond donors (Lipinski definition) is 0. The quantitative estimate of drug-likeness (QED) is 0.740. The van der Waals surface area contributed by atoms with E-state index in [1.165, 1.54) is 6.07 Å². The van der Waals surface area contributed by atoms with Gasteiger partial charge >= 0.3 is 8.25 Å². The fraction of sp³-hybridized carbons (Fsp3) is 0.333. The highest BCUT2D eigenvalue weighted by Gasteiger charge is 2.34. The van der Waals surface area contributed by atoms with Crippen LogP contribution in [0.15, 0.2) is 22.7 Å². The Hall–Kier alpha value is -0.350. The van der Waals surface area contributed by atoms with Crippen molar-refractivity contribution < 1.29 is 18.0 Å². The van der Waals surface area contributed by atoms with E-state index in [1.807, 2.05) is 0 Å². The molecule has 0 N–H and O–H groups in total. The van der Waals surface area contributed by atoms with Crippen LogP contribution in [0.25, 0.3) is 0 Å². The van der Waals surface area contributed by atoms with Gasteiger partial charge in [0.15, 0.2) is 0 Å². The Labute approximate surface area is 95.7 Å². The SMILES string of the molecule is O=[P+]1OCC[C@@H](c2ccc(F)c(Br)c2)O1. The summed E-state index contributed by atoms with van der Waals surface area (Å²) in [6, 6.07) is 4.61. The van der Waals surface area contributed by atoms with Gasteiger partial charge in [0.1, 0.15) is 18.5 Å². The second kappa shape index (κ2) is 4.66. The summed E-state index contributed by atoms with van der Waals surface area (Å²) in [5.74, 6) is -0.324. The van der Waals surface area contributed by atoms with Gasteiger partial charge in [0.25, 0.3) is 0 Å². The lowest BCUT2D eigenvalue weighted by Gasteiger charge is -2.13. The Morgan fingerprint density at radius 3 is 3.00 bits per heavy atom. The summed E-state index contributed by atoms with van der Waals surface area (Å²) >= 11 is 3.09. The van der Waals surface area contributed by atoms with Gasteiger partial charge < -0.3 is 0 Å². The number of halogens is 2. The second-order valence-corrected chi connectivity index (χ2v) is 4.88. The molecule has 2 rings (SSSR count). The van der Waals surface area contributed by atoms with E-state index in [1.54, 1.807) is 12.1 Å². The molecule has 1 fully saturated rings.